The lowest BCUT2D eigenvalue weighted by atomic mass is 9.89. The van der Waals surface area contributed by atoms with Gasteiger partial charge in [-0.1, -0.05) is 21.3 Å². The van der Waals surface area contributed by atoms with Crippen molar-refractivity contribution in [1.82, 2.24) is 4.90 Å². The van der Waals surface area contributed by atoms with Crippen LogP contribution in [-0.4, -0.2) is 23.0 Å². The molecule has 0 spiro atoms. The minimum absolute atomic E-state index is 0. The van der Waals surface area contributed by atoms with Crippen molar-refractivity contribution in [3.63, 3.8) is 0 Å². The maximum Gasteiger partial charge on any atom is 0.0153 e. The maximum atomic E-state index is 2.79. The third kappa shape index (κ3) is 1.71. The Morgan fingerprint density at radius 1 is 1.07 bits per heavy atom. The Labute approximate surface area is 89.9 Å². The van der Waals surface area contributed by atoms with Crippen LogP contribution in [0.15, 0.2) is 0 Å². The molecule has 2 bridgehead atoms. The molecular formula is C13H27N. The molecule has 1 heteroatoms. The van der Waals surface area contributed by atoms with Crippen LogP contribution in [0.25, 0.3) is 0 Å². The van der Waals surface area contributed by atoms with E-state index in [0.29, 0.717) is 0 Å². The van der Waals surface area contributed by atoms with Crippen molar-refractivity contribution in [2.45, 2.75) is 72.5 Å². The van der Waals surface area contributed by atoms with Crippen LogP contribution in [0.4, 0.5) is 0 Å². The third-order valence-electron chi connectivity index (χ3n) is 3.97. The number of likely N-dealkylation sites (tertiary alicyclic amines) is 1. The molecule has 1 unspecified atom stereocenters. The summed E-state index contributed by atoms with van der Waals surface area (Å²) in [6, 6.07) is 2.57. The summed E-state index contributed by atoms with van der Waals surface area (Å²) in [6.45, 7) is 9.49. The second-order valence-corrected chi connectivity index (χ2v) is 5.50. The van der Waals surface area contributed by atoms with Crippen molar-refractivity contribution in [1.29, 1.82) is 0 Å². The smallest absolute Gasteiger partial charge is 0.0153 e. The molecule has 1 heterocycles. The van der Waals surface area contributed by atoms with Gasteiger partial charge >= 0.3 is 0 Å². The van der Waals surface area contributed by atoms with E-state index >= 15 is 0 Å². The van der Waals surface area contributed by atoms with Gasteiger partial charge < -0.3 is 0 Å². The van der Waals surface area contributed by atoms with Crippen LogP contribution in [0.1, 0.15) is 54.4 Å². The highest BCUT2D eigenvalue weighted by Crippen LogP contribution is 2.45. The molecule has 0 aromatic heterocycles. The summed E-state index contributed by atoms with van der Waals surface area (Å²) < 4.78 is 0. The van der Waals surface area contributed by atoms with Crippen LogP contribution < -0.4 is 0 Å². The third-order valence-corrected chi connectivity index (χ3v) is 3.97. The Morgan fingerprint density at radius 3 is 2.14 bits per heavy atom. The zero-order valence-corrected chi connectivity index (χ0v) is 9.46. The van der Waals surface area contributed by atoms with E-state index < -0.39 is 0 Å². The van der Waals surface area contributed by atoms with E-state index in [1.54, 1.807) is 0 Å². The Morgan fingerprint density at radius 2 is 1.71 bits per heavy atom. The molecule has 2 rings (SSSR count). The number of rotatable bonds is 2. The second-order valence-electron chi connectivity index (χ2n) is 5.50. The fourth-order valence-corrected chi connectivity index (χ4v) is 3.71. The molecule has 84 valence electrons. The summed E-state index contributed by atoms with van der Waals surface area (Å²) in [5.41, 5.74) is 0. The lowest BCUT2D eigenvalue weighted by molar-refractivity contribution is 0.0732. The lowest BCUT2D eigenvalue weighted by Crippen LogP contribution is -2.47. The Hall–Kier alpha value is -0.0400. The topological polar surface area (TPSA) is 3.24 Å². The number of nitrogens with zero attached hydrogens (tertiary/aromatic N) is 1. The highest BCUT2D eigenvalue weighted by Gasteiger charge is 2.47. The second kappa shape index (κ2) is 4.22. The van der Waals surface area contributed by atoms with Gasteiger partial charge in [0.15, 0.2) is 0 Å². The van der Waals surface area contributed by atoms with Crippen molar-refractivity contribution < 1.29 is 0 Å². The number of hydrogen-bond donors (Lipinski definition) is 0. The van der Waals surface area contributed by atoms with Gasteiger partial charge in [-0.15, -0.1) is 0 Å². The molecule has 0 amide bonds. The Balaban J connectivity index is 0.000000980. The van der Waals surface area contributed by atoms with Gasteiger partial charge in [0, 0.05) is 18.1 Å². The van der Waals surface area contributed by atoms with Crippen LogP contribution in [0.3, 0.4) is 0 Å². The number of hydrogen-bond acceptors (Lipinski definition) is 1. The van der Waals surface area contributed by atoms with E-state index in [1.165, 1.54) is 19.3 Å². The minimum Gasteiger partial charge on any atom is -0.295 e. The fraction of sp³-hybridized carbons (Fsp3) is 1.00. The molecule has 0 N–H and O–H groups in total. The molecule has 1 aliphatic heterocycles. The van der Waals surface area contributed by atoms with Gasteiger partial charge in [-0.3, -0.25) is 4.90 Å². The molecule has 0 aromatic rings. The van der Waals surface area contributed by atoms with Gasteiger partial charge in [0.2, 0.25) is 0 Å². The normalized spacial score (nSPS) is 36.9. The number of fused-ring (bicyclic) bond motifs is 2. The van der Waals surface area contributed by atoms with Crippen LogP contribution in [0.2, 0.25) is 0 Å². The van der Waals surface area contributed by atoms with Gasteiger partial charge in [-0.05, 0) is 44.9 Å². The van der Waals surface area contributed by atoms with Crippen LogP contribution >= 0.6 is 0 Å². The first-order chi connectivity index (χ1) is 6.11. The van der Waals surface area contributed by atoms with Crippen LogP contribution in [0.5, 0.6) is 0 Å². The summed E-state index contributed by atoms with van der Waals surface area (Å²) in [4.78, 5) is 2.79. The van der Waals surface area contributed by atoms with Crippen LogP contribution in [-0.2, 0) is 0 Å². The van der Waals surface area contributed by atoms with E-state index in [-0.39, 0.29) is 7.43 Å². The first-order valence-electron chi connectivity index (χ1n) is 5.88. The molecule has 14 heavy (non-hydrogen) atoms. The number of piperidine rings is 1. The lowest BCUT2D eigenvalue weighted by Gasteiger charge is -2.40. The van der Waals surface area contributed by atoms with Gasteiger partial charge in [-0.25, -0.2) is 0 Å². The quantitative estimate of drug-likeness (QED) is 0.654. The first kappa shape index (κ1) is 12.0. The summed E-state index contributed by atoms with van der Waals surface area (Å²) in [6.07, 6.45) is 4.45. The average molecular weight is 197 g/mol. The minimum atomic E-state index is 0. The highest BCUT2D eigenvalue weighted by atomic mass is 15.3. The predicted octanol–water partition coefficient (Wildman–Crippen LogP) is 3.54. The first-order valence-corrected chi connectivity index (χ1v) is 5.88. The molecule has 0 radical (unpaired) electrons. The molecule has 1 aliphatic carbocycles. The molecule has 2 aliphatic rings. The molecule has 0 aromatic carbocycles. The Kier molecular flexibility index (Phi) is 3.63. The van der Waals surface area contributed by atoms with Crippen LogP contribution in [0, 0.1) is 11.8 Å². The van der Waals surface area contributed by atoms with Gasteiger partial charge in [0.25, 0.3) is 0 Å². The summed E-state index contributed by atoms with van der Waals surface area (Å²) in [5, 5.41) is 0. The molecule has 1 saturated carbocycles. The van der Waals surface area contributed by atoms with Gasteiger partial charge in [0.05, 0.1) is 0 Å². The molecule has 3 atom stereocenters. The van der Waals surface area contributed by atoms with E-state index in [0.717, 1.165) is 30.0 Å². The van der Waals surface area contributed by atoms with Gasteiger partial charge in [-0.2, -0.15) is 0 Å². The summed E-state index contributed by atoms with van der Waals surface area (Å²) >= 11 is 0. The standard InChI is InChI=1S/C12H23N.CH4/c1-8(2)12-10-5-6-11(7-10)13(12)9(3)4;/h8-12H,5-7H2,1-4H3;1H4/t10-,11+,12?;/m0./s1. The van der Waals surface area contributed by atoms with Crippen molar-refractivity contribution in [2.75, 3.05) is 0 Å². The van der Waals surface area contributed by atoms with Crippen molar-refractivity contribution in [3.05, 3.63) is 0 Å². The predicted molar refractivity (Wildman–Crippen MR) is 63.5 cm³/mol. The molecular weight excluding hydrogens is 170 g/mol. The van der Waals surface area contributed by atoms with Crippen molar-refractivity contribution in [3.8, 4) is 0 Å². The van der Waals surface area contributed by atoms with Gasteiger partial charge in [0.1, 0.15) is 0 Å². The van der Waals surface area contributed by atoms with E-state index in [4.69, 9.17) is 0 Å². The SMILES string of the molecule is C.CC(C)C1[C@H]2CC[C@H](C2)N1C(C)C. The Bertz CT molecular complexity index is 166. The maximum absolute atomic E-state index is 2.79. The fourth-order valence-electron chi connectivity index (χ4n) is 3.71. The largest absolute Gasteiger partial charge is 0.295 e. The highest BCUT2D eigenvalue weighted by molar-refractivity contribution is 5.01. The summed E-state index contributed by atoms with van der Waals surface area (Å²) in [7, 11) is 0. The van der Waals surface area contributed by atoms with E-state index in [9.17, 15) is 0 Å². The molecule has 1 nitrogen and oxygen atoms in total. The summed E-state index contributed by atoms with van der Waals surface area (Å²) in [5.74, 6) is 1.87. The monoisotopic (exact) mass is 197 g/mol. The molecule has 2 fully saturated rings. The molecule has 1 saturated heterocycles. The van der Waals surface area contributed by atoms with Crippen molar-refractivity contribution >= 4 is 0 Å². The van der Waals surface area contributed by atoms with Crippen molar-refractivity contribution in [2.24, 2.45) is 11.8 Å². The van der Waals surface area contributed by atoms with E-state index in [1.807, 2.05) is 0 Å². The average Bonchev–Trinajstić information content (AvgIpc) is 2.60. The zero-order valence-electron chi connectivity index (χ0n) is 9.46. The van der Waals surface area contributed by atoms with E-state index in [2.05, 4.69) is 32.6 Å². The zero-order chi connectivity index (χ0) is 9.59.